The molecule has 1 spiro atoms. The van der Waals surface area contributed by atoms with Crippen LogP contribution in [-0.2, 0) is 19.5 Å². The standard InChI is InChI=1S/C49H57ClN6O6S/c1-33-26-41(9-11-44(33)52-30-34-12-17-49(18-13-34)60-24-25-61-49)63(58,59)54-47(57)42-10-8-39(28-45(42)62-40-27-36-15-19-51-46(36)53-31-40)56-22-20-55(21-23-56)32-37-14-16-48(2,3)29-43(37)35-4-6-38(50)7-5-35/h4-11,15,19,26-28,31,34,52H,12-14,16-18,20-25,29-30,32H2,1-3H3,(H,51,53)(H,54,57). The molecule has 2 aliphatic heterocycles. The van der Waals surface area contributed by atoms with Gasteiger partial charge in [-0.2, -0.15) is 0 Å². The first-order chi connectivity index (χ1) is 30.3. The van der Waals surface area contributed by atoms with E-state index in [1.165, 1.54) is 22.8 Å². The van der Waals surface area contributed by atoms with Gasteiger partial charge in [0.15, 0.2) is 5.79 Å². The second kappa shape index (κ2) is 17.9. The van der Waals surface area contributed by atoms with Crippen LogP contribution in [0.15, 0.2) is 95.7 Å². The highest BCUT2D eigenvalue weighted by atomic mass is 35.5. The molecule has 3 N–H and O–H groups in total. The molecule has 2 aromatic heterocycles. The number of fused-ring (bicyclic) bond motifs is 1. The molecule has 0 atom stereocenters. The van der Waals surface area contributed by atoms with E-state index in [4.69, 9.17) is 25.8 Å². The normalized spacial score (nSPS) is 19.5. The summed E-state index contributed by atoms with van der Waals surface area (Å²) in [5.41, 5.74) is 7.74. The Labute approximate surface area is 375 Å². The first-order valence-electron chi connectivity index (χ1n) is 22.2. The zero-order chi connectivity index (χ0) is 43.8. The summed E-state index contributed by atoms with van der Waals surface area (Å²) in [6, 6.07) is 22.2. The molecular formula is C49H57ClN6O6S. The minimum absolute atomic E-state index is 0.00102. The Morgan fingerprint density at radius 2 is 1.71 bits per heavy atom. The number of pyridine rings is 1. The fraction of sp³-hybridized carbons (Fsp3) is 0.429. The van der Waals surface area contributed by atoms with Gasteiger partial charge in [-0.15, -0.1) is 0 Å². The minimum Gasteiger partial charge on any atom is -0.455 e. The second-order valence-electron chi connectivity index (χ2n) is 18.4. The molecule has 0 unspecified atom stereocenters. The number of hydrogen-bond acceptors (Lipinski definition) is 10. The van der Waals surface area contributed by atoms with Crippen LogP contribution in [0, 0.1) is 18.3 Å². The van der Waals surface area contributed by atoms with Crippen LogP contribution in [0.2, 0.25) is 5.02 Å². The number of hydrogen-bond donors (Lipinski definition) is 3. The monoisotopic (exact) mass is 892 g/mol. The van der Waals surface area contributed by atoms with Crippen molar-refractivity contribution in [3.05, 3.63) is 112 Å². The van der Waals surface area contributed by atoms with Gasteiger partial charge in [0.25, 0.3) is 15.9 Å². The fourth-order valence-corrected chi connectivity index (χ4v) is 10.8. The number of halogens is 1. The molecule has 12 nitrogen and oxygen atoms in total. The average Bonchev–Trinajstić information content (AvgIpc) is 3.94. The lowest BCUT2D eigenvalue weighted by Gasteiger charge is -2.39. The number of aromatic nitrogens is 2. The number of allylic oxidation sites excluding steroid dienone is 1. The molecule has 0 bridgehead atoms. The van der Waals surface area contributed by atoms with Gasteiger partial charge in [-0.05, 0) is 122 Å². The van der Waals surface area contributed by atoms with Crippen molar-refractivity contribution in [2.45, 2.75) is 76.4 Å². The summed E-state index contributed by atoms with van der Waals surface area (Å²) in [4.78, 5) is 26.4. The average molecular weight is 894 g/mol. The van der Waals surface area contributed by atoms with Crippen molar-refractivity contribution in [1.29, 1.82) is 0 Å². The molecule has 332 valence electrons. The van der Waals surface area contributed by atoms with Crippen LogP contribution in [0.25, 0.3) is 16.6 Å². The van der Waals surface area contributed by atoms with Crippen LogP contribution in [0.5, 0.6) is 11.5 Å². The zero-order valence-corrected chi connectivity index (χ0v) is 37.9. The number of ether oxygens (including phenoxy) is 3. The van der Waals surface area contributed by atoms with Crippen molar-refractivity contribution in [2.75, 3.05) is 62.7 Å². The molecular weight excluding hydrogens is 836 g/mol. The Morgan fingerprint density at radius 3 is 2.46 bits per heavy atom. The van der Waals surface area contributed by atoms with Gasteiger partial charge in [0.2, 0.25) is 0 Å². The van der Waals surface area contributed by atoms with Crippen LogP contribution < -0.4 is 19.7 Å². The Morgan fingerprint density at radius 1 is 0.952 bits per heavy atom. The number of aryl methyl sites for hydroxylation is 1. The van der Waals surface area contributed by atoms with Gasteiger partial charge in [-0.1, -0.05) is 43.2 Å². The van der Waals surface area contributed by atoms with Gasteiger partial charge >= 0.3 is 0 Å². The first-order valence-corrected chi connectivity index (χ1v) is 24.1. The highest BCUT2D eigenvalue weighted by Gasteiger charge is 2.40. The van der Waals surface area contributed by atoms with Gasteiger partial charge in [-0.3, -0.25) is 9.69 Å². The molecule has 3 aromatic carbocycles. The van der Waals surface area contributed by atoms with E-state index in [2.05, 4.69) is 55.8 Å². The number of aromatic amines is 1. The van der Waals surface area contributed by atoms with Crippen molar-refractivity contribution in [3.8, 4) is 11.5 Å². The third-order valence-electron chi connectivity index (χ3n) is 13.3. The summed E-state index contributed by atoms with van der Waals surface area (Å²) in [6.45, 7) is 12.9. The van der Waals surface area contributed by atoms with Crippen LogP contribution in [0.4, 0.5) is 11.4 Å². The lowest BCUT2D eigenvalue weighted by molar-refractivity contribution is -0.181. The zero-order valence-electron chi connectivity index (χ0n) is 36.3. The van der Waals surface area contributed by atoms with E-state index in [9.17, 15) is 13.2 Å². The Kier molecular flexibility index (Phi) is 12.3. The molecule has 14 heteroatoms. The molecule has 2 aliphatic carbocycles. The van der Waals surface area contributed by atoms with Crippen molar-refractivity contribution in [3.63, 3.8) is 0 Å². The van der Waals surface area contributed by atoms with Crippen molar-refractivity contribution < 1.29 is 27.4 Å². The number of piperazine rings is 1. The summed E-state index contributed by atoms with van der Waals surface area (Å²) >= 11 is 6.26. The Bertz CT molecular complexity index is 2600. The van der Waals surface area contributed by atoms with E-state index < -0.39 is 21.7 Å². The van der Waals surface area contributed by atoms with E-state index in [-0.39, 0.29) is 21.6 Å². The van der Waals surface area contributed by atoms with E-state index in [0.29, 0.717) is 30.5 Å². The molecule has 1 saturated carbocycles. The topological polar surface area (TPSA) is 138 Å². The van der Waals surface area contributed by atoms with Crippen molar-refractivity contribution >= 4 is 55.5 Å². The van der Waals surface area contributed by atoms with E-state index in [1.807, 2.05) is 43.3 Å². The number of nitrogens with one attached hydrogen (secondary N) is 3. The van der Waals surface area contributed by atoms with E-state index in [0.717, 1.165) is 112 Å². The summed E-state index contributed by atoms with van der Waals surface area (Å²) < 4.78 is 48.0. The summed E-state index contributed by atoms with van der Waals surface area (Å²) in [7, 11) is -4.24. The molecule has 3 fully saturated rings. The molecule has 4 aliphatic rings. The maximum absolute atomic E-state index is 14.0. The number of carbonyl (C=O) groups is 1. The van der Waals surface area contributed by atoms with Gasteiger partial charge in [0, 0.05) is 86.2 Å². The molecule has 4 heterocycles. The quantitative estimate of drug-likeness (QED) is 0.111. The number of amides is 1. The first kappa shape index (κ1) is 43.3. The number of anilines is 2. The molecule has 1 amide bonds. The molecule has 2 saturated heterocycles. The number of carbonyl (C=O) groups excluding carboxylic acids is 1. The third-order valence-corrected chi connectivity index (χ3v) is 14.9. The predicted molar refractivity (Wildman–Crippen MR) is 248 cm³/mol. The lowest BCUT2D eigenvalue weighted by Crippen LogP contribution is -2.47. The maximum Gasteiger partial charge on any atom is 0.268 e. The Balaban J connectivity index is 0.886. The van der Waals surface area contributed by atoms with Gasteiger partial charge in [0.05, 0.1) is 29.9 Å². The Hall–Kier alpha value is -4.92. The van der Waals surface area contributed by atoms with Crippen LogP contribution >= 0.6 is 11.6 Å². The molecule has 63 heavy (non-hydrogen) atoms. The van der Waals surface area contributed by atoms with Gasteiger partial charge in [-0.25, -0.2) is 18.1 Å². The third kappa shape index (κ3) is 9.93. The van der Waals surface area contributed by atoms with Crippen LogP contribution in [-0.4, -0.2) is 87.5 Å². The van der Waals surface area contributed by atoms with Crippen molar-refractivity contribution in [1.82, 2.24) is 19.6 Å². The predicted octanol–water partition coefficient (Wildman–Crippen LogP) is 9.57. The van der Waals surface area contributed by atoms with Crippen molar-refractivity contribution in [2.24, 2.45) is 11.3 Å². The van der Waals surface area contributed by atoms with E-state index >= 15 is 0 Å². The van der Waals surface area contributed by atoms with Gasteiger partial charge in [0.1, 0.15) is 17.1 Å². The highest BCUT2D eigenvalue weighted by molar-refractivity contribution is 7.90. The highest BCUT2D eigenvalue weighted by Crippen LogP contribution is 2.44. The fourth-order valence-electron chi connectivity index (χ4n) is 9.58. The summed E-state index contributed by atoms with van der Waals surface area (Å²) in [5, 5.41) is 5.10. The minimum atomic E-state index is -4.24. The molecule has 9 rings (SSSR count). The van der Waals surface area contributed by atoms with Gasteiger partial charge < -0.3 is 29.4 Å². The number of sulfonamides is 1. The molecule has 0 radical (unpaired) electrons. The van der Waals surface area contributed by atoms with Crippen LogP contribution in [0.1, 0.15) is 80.3 Å². The van der Waals surface area contributed by atoms with E-state index in [1.54, 1.807) is 30.6 Å². The number of benzene rings is 3. The lowest BCUT2D eigenvalue weighted by atomic mass is 9.72. The summed E-state index contributed by atoms with van der Waals surface area (Å²) in [6.07, 6.45) is 10.4. The van der Waals surface area contributed by atoms with Crippen LogP contribution in [0.3, 0.4) is 0 Å². The second-order valence-corrected chi connectivity index (χ2v) is 20.5. The smallest absolute Gasteiger partial charge is 0.268 e. The number of nitrogens with zero attached hydrogens (tertiary/aromatic N) is 3. The maximum atomic E-state index is 14.0. The number of rotatable bonds is 12. The number of H-pyrrole nitrogens is 1. The largest absolute Gasteiger partial charge is 0.455 e. The molecule has 5 aromatic rings. The summed E-state index contributed by atoms with van der Waals surface area (Å²) in [5.74, 6) is -0.0690. The SMILES string of the molecule is Cc1cc(S(=O)(=O)NC(=O)c2ccc(N3CCN(CC4=C(c5ccc(Cl)cc5)CC(C)(C)CC4)CC3)cc2Oc2cnc3[nH]ccc3c2)ccc1NCC1CCC2(CC1)OCCO2.